The fourth-order valence-electron chi connectivity index (χ4n) is 1.61. The Bertz CT molecular complexity index is 446. The highest BCUT2D eigenvalue weighted by atomic mass is 16.2. The molecule has 0 unspecified atom stereocenters. The van der Waals surface area contributed by atoms with Crippen molar-refractivity contribution in [3.8, 4) is 6.07 Å². The van der Waals surface area contributed by atoms with Gasteiger partial charge < -0.3 is 10.6 Å². The number of hydrogen-bond acceptors (Lipinski definition) is 5. The number of carbonyl (C=O) groups excluding carboxylic acids is 1. The van der Waals surface area contributed by atoms with Gasteiger partial charge in [-0.2, -0.15) is 5.26 Å². The minimum atomic E-state index is -0.171. The summed E-state index contributed by atoms with van der Waals surface area (Å²) in [7, 11) is 0. The zero-order valence-corrected chi connectivity index (χ0v) is 9.33. The molecule has 1 saturated carbocycles. The van der Waals surface area contributed by atoms with Gasteiger partial charge in [-0.3, -0.25) is 4.79 Å². The number of rotatable bonds is 4. The first kappa shape index (κ1) is 11.3. The molecule has 88 valence electrons. The number of anilines is 1. The number of hydrogen-bond donors (Lipinski definition) is 1. The van der Waals surface area contributed by atoms with Gasteiger partial charge in [-0.25, -0.2) is 0 Å². The first-order chi connectivity index (χ1) is 8.22. The van der Waals surface area contributed by atoms with Crippen LogP contribution in [0.1, 0.15) is 29.8 Å². The van der Waals surface area contributed by atoms with Crippen LogP contribution in [0, 0.1) is 11.3 Å². The predicted molar refractivity (Wildman–Crippen MR) is 60.7 cm³/mol. The van der Waals surface area contributed by atoms with E-state index < -0.39 is 0 Å². The monoisotopic (exact) mass is 231 g/mol. The van der Waals surface area contributed by atoms with Gasteiger partial charge in [0.2, 0.25) is 0 Å². The standard InChI is InChI=1S/C11H13N5O/c12-6-1-7-16(8-2-3-8)11(17)9-4-5-10(13)15-14-9/h4-5,8H,1-3,7H2,(H2,13,15). The lowest BCUT2D eigenvalue weighted by atomic mass is 10.3. The van der Waals surface area contributed by atoms with Crippen molar-refractivity contribution in [3.63, 3.8) is 0 Å². The summed E-state index contributed by atoms with van der Waals surface area (Å²) in [5.41, 5.74) is 5.70. The van der Waals surface area contributed by atoms with E-state index in [2.05, 4.69) is 10.2 Å². The molecule has 0 radical (unpaired) electrons. The number of nitrogen functional groups attached to an aromatic ring is 1. The average Bonchev–Trinajstić information content (AvgIpc) is 3.14. The number of carbonyl (C=O) groups is 1. The molecule has 0 bridgehead atoms. The molecule has 1 aliphatic rings. The Labute approximate surface area is 99.0 Å². The Balaban J connectivity index is 2.10. The Morgan fingerprint density at radius 2 is 2.29 bits per heavy atom. The van der Waals surface area contributed by atoms with E-state index in [1.165, 1.54) is 0 Å². The van der Waals surface area contributed by atoms with Crippen molar-refractivity contribution in [3.05, 3.63) is 17.8 Å². The van der Waals surface area contributed by atoms with Crippen LogP contribution in [0.3, 0.4) is 0 Å². The van der Waals surface area contributed by atoms with Crippen molar-refractivity contribution >= 4 is 11.7 Å². The summed E-state index contributed by atoms with van der Waals surface area (Å²) in [6, 6.07) is 5.42. The maximum atomic E-state index is 12.1. The molecule has 1 aromatic rings. The summed E-state index contributed by atoms with van der Waals surface area (Å²) in [6.07, 6.45) is 2.34. The Kier molecular flexibility index (Phi) is 3.19. The van der Waals surface area contributed by atoms with Crippen LogP contribution in [0.25, 0.3) is 0 Å². The Hall–Kier alpha value is -2.16. The summed E-state index contributed by atoms with van der Waals surface area (Å²) in [5.74, 6) is 0.117. The lowest BCUT2D eigenvalue weighted by Gasteiger charge is -2.20. The van der Waals surface area contributed by atoms with Gasteiger partial charge in [-0.1, -0.05) is 0 Å². The third-order valence-corrected chi connectivity index (χ3v) is 2.62. The van der Waals surface area contributed by atoms with Gasteiger partial charge in [0.1, 0.15) is 5.82 Å². The van der Waals surface area contributed by atoms with E-state index in [-0.39, 0.29) is 23.5 Å². The lowest BCUT2D eigenvalue weighted by Crippen LogP contribution is -2.34. The highest BCUT2D eigenvalue weighted by molar-refractivity contribution is 5.92. The molecule has 2 N–H and O–H groups in total. The first-order valence-electron chi connectivity index (χ1n) is 5.49. The number of aromatic nitrogens is 2. The van der Waals surface area contributed by atoms with Crippen LogP contribution in [-0.4, -0.2) is 33.6 Å². The zero-order valence-electron chi connectivity index (χ0n) is 9.33. The quantitative estimate of drug-likeness (QED) is 0.817. The van der Waals surface area contributed by atoms with Crippen LogP contribution in [-0.2, 0) is 0 Å². The van der Waals surface area contributed by atoms with E-state index in [4.69, 9.17) is 11.0 Å². The summed E-state index contributed by atoms with van der Waals surface area (Å²) in [4.78, 5) is 13.8. The van der Waals surface area contributed by atoms with Gasteiger partial charge in [0, 0.05) is 12.6 Å². The third-order valence-electron chi connectivity index (χ3n) is 2.62. The Morgan fingerprint density at radius 3 is 2.82 bits per heavy atom. The molecule has 1 heterocycles. The van der Waals surface area contributed by atoms with Gasteiger partial charge in [0.25, 0.3) is 5.91 Å². The molecule has 6 nitrogen and oxygen atoms in total. The molecule has 0 aromatic carbocycles. The van der Waals surface area contributed by atoms with Crippen LogP contribution in [0.4, 0.5) is 5.82 Å². The van der Waals surface area contributed by atoms with Crippen molar-refractivity contribution in [2.45, 2.75) is 25.3 Å². The van der Waals surface area contributed by atoms with Crippen molar-refractivity contribution < 1.29 is 4.79 Å². The third kappa shape index (κ3) is 2.69. The van der Waals surface area contributed by atoms with Crippen LogP contribution in [0.5, 0.6) is 0 Å². The van der Waals surface area contributed by atoms with Gasteiger partial charge in [-0.15, -0.1) is 10.2 Å². The topological polar surface area (TPSA) is 95.9 Å². The van der Waals surface area contributed by atoms with E-state index in [1.54, 1.807) is 17.0 Å². The van der Waals surface area contributed by atoms with Crippen LogP contribution in [0.2, 0.25) is 0 Å². The number of nitriles is 1. The minimum absolute atomic E-state index is 0.171. The van der Waals surface area contributed by atoms with E-state index in [9.17, 15) is 4.79 Å². The molecule has 0 atom stereocenters. The highest BCUT2D eigenvalue weighted by Crippen LogP contribution is 2.28. The molecule has 0 spiro atoms. The Morgan fingerprint density at radius 1 is 1.53 bits per heavy atom. The highest BCUT2D eigenvalue weighted by Gasteiger charge is 2.33. The number of amides is 1. The van der Waals surface area contributed by atoms with E-state index in [0.29, 0.717) is 13.0 Å². The summed E-state index contributed by atoms with van der Waals surface area (Å²) >= 11 is 0. The molecule has 0 aliphatic heterocycles. The van der Waals surface area contributed by atoms with E-state index >= 15 is 0 Å². The second-order valence-corrected chi connectivity index (χ2v) is 3.98. The molecular formula is C11H13N5O. The van der Waals surface area contributed by atoms with Crippen molar-refractivity contribution in [1.82, 2.24) is 15.1 Å². The smallest absolute Gasteiger partial charge is 0.274 e. The summed E-state index contributed by atoms with van der Waals surface area (Å²) in [5, 5.41) is 16.0. The van der Waals surface area contributed by atoms with E-state index in [1.807, 2.05) is 6.07 Å². The molecule has 1 aliphatic carbocycles. The van der Waals surface area contributed by atoms with Crippen LogP contribution >= 0.6 is 0 Å². The van der Waals surface area contributed by atoms with Crippen LogP contribution < -0.4 is 5.73 Å². The largest absolute Gasteiger partial charge is 0.382 e. The maximum absolute atomic E-state index is 12.1. The van der Waals surface area contributed by atoms with Gasteiger partial charge >= 0.3 is 0 Å². The fourth-order valence-corrected chi connectivity index (χ4v) is 1.61. The summed E-state index contributed by atoms with van der Waals surface area (Å²) in [6.45, 7) is 0.450. The molecule has 17 heavy (non-hydrogen) atoms. The zero-order chi connectivity index (χ0) is 12.3. The van der Waals surface area contributed by atoms with Gasteiger partial charge in [0.15, 0.2) is 5.69 Å². The summed E-state index contributed by atoms with van der Waals surface area (Å²) < 4.78 is 0. The predicted octanol–water partition coefficient (Wildman–Crippen LogP) is 0.577. The average molecular weight is 231 g/mol. The van der Waals surface area contributed by atoms with E-state index in [0.717, 1.165) is 12.8 Å². The SMILES string of the molecule is N#CCCN(C(=O)c1ccc(N)nn1)C1CC1. The maximum Gasteiger partial charge on any atom is 0.274 e. The van der Waals surface area contributed by atoms with Gasteiger partial charge in [0.05, 0.1) is 12.5 Å². The molecule has 1 fully saturated rings. The van der Waals surface area contributed by atoms with Crippen LogP contribution in [0.15, 0.2) is 12.1 Å². The molecule has 2 rings (SSSR count). The second kappa shape index (κ2) is 4.78. The first-order valence-corrected chi connectivity index (χ1v) is 5.49. The number of nitrogens with two attached hydrogens (primary N) is 1. The molecule has 6 heteroatoms. The molecule has 1 amide bonds. The molecular weight excluding hydrogens is 218 g/mol. The normalized spacial score (nSPS) is 14.1. The second-order valence-electron chi connectivity index (χ2n) is 3.98. The molecule has 0 saturated heterocycles. The van der Waals surface area contributed by atoms with Crippen molar-refractivity contribution in [2.75, 3.05) is 12.3 Å². The lowest BCUT2D eigenvalue weighted by molar-refractivity contribution is 0.0740. The van der Waals surface area contributed by atoms with Crippen molar-refractivity contribution in [1.29, 1.82) is 5.26 Å². The van der Waals surface area contributed by atoms with Gasteiger partial charge in [-0.05, 0) is 25.0 Å². The van der Waals surface area contributed by atoms with Crippen molar-refractivity contribution in [2.24, 2.45) is 0 Å². The minimum Gasteiger partial charge on any atom is -0.382 e. The fraction of sp³-hybridized carbons (Fsp3) is 0.455. The number of nitrogens with zero attached hydrogens (tertiary/aromatic N) is 4. The molecule has 1 aromatic heterocycles.